The Morgan fingerprint density at radius 2 is 1.70 bits per heavy atom. The van der Waals surface area contributed by atoms with Crippen molar-refractivity contribution < 1.29 is 9.18 Å². The highest BCUT2D eigenvalue weighted by atomic mass is 32.2. The summed E-state index contributed by atoms with van der Waals surface area (Å²) in [5, 5.41) is 0.270. The Kier molecular flexibility index (Phi) is 4.49. The Hall–Kier alpha value is -1.75. The molecule has 0 aliphatic rings. The van der Waals surface area contributed by atoms with Crippen molar-refractivity contribution in [2.24, 2.45) is 0 Å². The van der Waals surface area contributed by atoms with Crippen LogP contribution in [0.3, 0.4) is 0 Å². The van der Waals surface area contributed by atoms with Gasteiger partial charge in [-0.2, -0.15) is 0 Å². The fourth-order valence-corrected chi connectivity index (χ4v) is 2.76. The molecule has 2 rings (SSSR count). The smallest absolute Gasteiger partial charge is 0.188 e. The molecule has 1 unspecified atom stereocenters. The lowest BCUT2D eigenvalue weighted by Gasteiger charge is -2.10. The molecule has 0 fully saturated rings. The maximum atomic E-state index is 12.9. The molecule has 1 aromatic heterocycles. The summed E-state index contributed by atoms with van der Waals surface area (Å²) in [5.74, 6) is -0.405. The van der Waals surface area contributed by atoms with Crippen LogP contribution in [0, 0.1) is 19.7 Å². The molecule has 0 saturated heterocycles. The fourth-order valence-electron chi connectivity index (χ4n) is 1.81. The van der Waals surface area contributed by atoms with Crippen molar-refractivity contribution in [3.05, 3.63) is 53.1 Å². The van der Waals surface area contributed by atoms with Crippen LogP contribution in [-0.4, -0.2) is 21.0 Å². The Balaban J connectivity index is 2.13. The lowest BCUT2D eigenvalue weighted by molar-refractivity contribution is 0.0994. The molecule has 20 heavy (non-hydrogen) atoms. The van der Waals surface area contributed by atoms with E-state index in [2.05, 4.69) is 9.97 Å². The van der Waals surface area contributed by atoms with Crippen LogP contribution in [0.4, 0.5) is 4.39 Å². The molecule has 0 bridgehead atoms. The summed E-state index contributed by atoms with van der Waals surface area (Å²) in [4.78, 5) is 20.8. The van der Waals surface area contributed by atoms with Gasteiger partial charge >= 0.3 is 0 Å². The number of aromatic nitrogens is 2. The molecule has 3 nitrogen and oxygen atoms in total. The second-order valence-corrected chi connectivity index (χ2v) is 5.87. The number of aryl methyl sites for hydroxylation is 2. The molecule has 0 N–H and O–H groups in total. The molecule has 0 saturated carbocycles. The first-order chi connectivity index (χ1) is 9.45. The highest BCUT2D eigenvalue weighted by Crippen LogP contribution is 2.23. The van der Waals surface area contributed by atoms with Crippen LogP contribution in [0.25, 0.3) is 0 Å². The fraction of sp³-hybridized carbons (Fsp3) is 0.267. The lowest BCUT2D eigenvalue weighted by atomic mass is 10.1. The zero-order chi connectivity index (χ0) is 14.7. The van der Waals surface area contributed by atoms with Crippen LogP contribution in [0.5, 0.6) is 0 Å². The van der Waals surface area contributed by atoms with E-state index in [9.17, 15) is 9.18 Å². The van der Waals surface area contributed by atoms with Gasteiger partial charge in [0.05, 0.1) is 5.25 Å². The van der Waals surface area contributed by atoms with E-state index in [4.69, 9.17) is 0 Å². The van der Waals surface area contributed by atoms with E-state index in [-0.39, 0.29) is 16.9 Å². The van der Waals surface area contributed by atoms with Crippen LogP contribution < -0.4 is 0 Å². The number of carbonyl (C=O) groups excluding carboxylic acids is 1. The largest absolute Gasteiger partial charge is 0.293 e. The molecule has 1 aromatic carbocycles. The van der Waals surface area contributed by atoms with Crippen LogP contribution in [0.15, 0.2) is 35.5 Å². The quantitative estimate of drug-likeness (QED) is 0.490. The summed E-state index contributed by atoms with van der Waals surface area (Å²) in [5.41, 5.74) is 2.25. The SMILES string of the molecule is Cc1cc(C)nc(SC(C)C(=O)c2ccc(F)cc2)n1. The average Bonchev–Trinajstić information content (AvgIpc) is 2.37. The predicted molar refractivity (Wildman–Crippen MR) is 77.6 cm³/mol. The topological polar surface area (TPSA) is 42.9 Å². The monoisotopic (exact) mass is 290 g/mol. The van der Waals surface area contributed by atoms with Crippen molar-refractivity contribution in [2.45, 2.75) is 31.2 Å². The zero-order valence-corrected chi connectivity index (χ0v) is 12.4. The number of halogens is 1. The van der Waals surface area contributed by atoms with Crippen LogP contribution in [-0.2, 0) is 0 Å². The minimum Gasteiger partial charge on any atom is -0.293 e. The number of benzene rings is 1. The van der Waals surface area contributed by atoms with Gasteiger partial charge in [-0.25, -0.2) is 14.4 Å². The van der Waals surface area contributed by atoms with Crippen molar-refractivity contribution in [3.63, 3.8) is 0 Å². The van der Waals surface area contributed by atoms with Gasteiger partial charge in [0, 0.05) is 17.0 Å². The summed E-state index contributed by atoms with van der Waals surface area (Å²) in [6.07, 6.45) is 0. The highest BCUT2D eigenvalue weighted by molar-refractivity contribution is 8.00. The predicted octanol–water partition coefficient (Wildman–Crippen LogP) is 3.60. The van der Waals surface area contributed by atoms with Gasteiger partial charge in [0.1, 0.15) is 5.82 Å². The third-order valence-corrected chi connectivity index (χ3v) is 3.70. The summed E-state index contributed by atoms with van der Waals surface area (Å²) in [7, 11) is 0. The summed E-state index contributed by atoms with van der Waals surface area (Å²) in [6.45, 7) is 5.59. The van der Waals surface area contributed by atoms with Gasteiger partial charge in [-0.05, 0) is 51.1 Å². The number of hydrogen-bond acceptors (Lipinski definition) is 4. The molecule has 5 heteroatoms. The second kappa shape index (κ2) is 6.13. The van der Waals surface area contributed by atoms with Gasteiger partial charge in [0.25, 0.3) is 0 Å². The van der Waals surface area contributed by atoms with Crippen LogP contribution in [0.1, 0.15) is 28.7 Å². The standard InChI is InChI=1S/C15H15FN2OS/c1-9-8-10(2)18-15(17-9)20-11(3)14(19)12-4-6-13(16)7-5-12/h4-8,11H,1-3H3. The molecule has 1 heterocycles. The molecular weight excluding hydrogens is 275 g/mol. The number of thioether (sulfide) groups is 1. The summed E-state index contributed by atoms with van der Waals surface area (Å²) >= 11 is 1.31. The van der Waals surface area contributed by atoms with Gasteiger partial charge in [-0.15, -0.1) is 0 Å². The van der Waals surface area contributed by atoms with Crippen molar-refractivity contribution in [3.8, 4) is 0 Å². The van der Waals surface area contributed by atoms with Crippen molar-refractivity contribution in [1.82, 2.24) is 9.97 Å². The molecule has 2 aromatic rings. The van der Waals surface area contributed by atoms with E-state index < -0.39 is 0 Å². The van der Waals surface area contributed by atoms with Crippen molar-refractivity contribution in [2.75, 3.05) is 0 Å². The van der Waals surface area contributed by atoms with E-state index in [1.807, 2.05) is 19.9 Å². The number of Topliss-reactive ketones (excluding diaryl/α,β-unsaturated/α-hetero) is 1. The highest BCUT2D eigenvalue weighted by Gasteiger charge is 2.18. The van der Waals surface area contributed by atoms with E-state index >= 15 is 0 Å². The molecule has 0 radical (unpaired) electrons. The Bertz CT molecular complexity index is 608. The van der Waals surface area contributed by atoms with E-state index in [1.165, 1.54) is 36.0 Å². The number of hydrogen-bond donors (Lipinski definition) is 0. The molecular formula is C15H15FN2OS. The number of ketones is 1. The van der Waals surface area contributed by atoms with E-state index in [1.54, 1.807) is 6.92 Å². The first-order valence-corrected chi connectivity index (χ1v) is 7.12. The van der Waals surface area contributed by atoms with Crippen molar-refractivity contribution in [1.29, 1.82) is 0 Å². The number of nitrogens with zero attached hydrogens (tertiary/aromatic N) is 2. The Morgan fingerprint density at radius 3 is 2.25 bits per heavy atom. The van der Waals surface area contributed by atoms with E-state index in [0.29, 0.717) is 10.7 Å². The van der Waals surface area contributed by atoms with Gasteiger partial charge in [-0.3, -0.25) is 4.79 Å². The third-order valence-electron chi connectivity index (χ3n) is 2.74. The molecule has 0 aliphatic carbocycles. The molecule has 0 spiro atoms. The first kappa shape index (κ1) is 14.7. The van der Waals surface area contributed by atoms with Gasteiger partial charge < -0.3 is 0 Å². The van der Waals surface area contributed by atoms with Crippen molar-refractivity contribution >= 4 is 17.5 Å². The van der Waals surface area contributed by atoms with Crippen LogP contribution in [0.2, 0.25) is 0 Å². The summed E-state index contributed by atoms with van der Waals surface area (Å²) in [6, 6.07) is 7.46. The van der Waals surface area contributed by atoms with Gasteiger partial charge in [-0.1, -0.05) is 11.8 Å². The maximum Gasteiger partial charge on any atom is 0.188 e. The average molecular weight is 290 g/mol. The molecule has 1 atom stereocenters. The first-order valence-electron chi connectivity index (χ1n) is 6.24. The number of rotatable bonds is 4. The van der Waals surface area contributed by atoms with Gasteiger partial charge in [0.2, 0.25) is 0 Å². The van der Waals surface area contributed by atoms with E-state index in [0.717, 1.165) is 11.4 Å². The Labute approximate surface area is 121 Å². The minimum atomic E-state index is -0.348. The lowest BCUT2D eigenvalue weighted by Crippen LogP contribution is -2.14. The van der Waals surface area contributed by atoms with Crippen LogP contribution >= 0.6 is 11.8 Å². The maximum absolute atomic E-state index is 12.9. The molecule has 0 aliphatic heterocycles. The molecule has 0 amide bonds. The molecule has 104 valence electrons. The second-order valence-electron chi connectivity index (χ2n) is 4.56. The third kappa shape index (κ3) is 3.63. The zero-order valence-electron chi connectivity index (χ0n) is 11.6. The van der Waals surface area contributed by atoms with Gasteiger partial charge in [0.15, 0.2) is 10.9 Å². The summed E-state index contributed by atoms with van der Waals surface area (Å²) < 4.78 is 12.9. The Morgan fingerprint density at radius 1 is 1.15 bits per heavy atom. The number of carbonyl (C=O) groups is 1. The minimum absolute atomic E-state index is 0.0576. The normalized spacial score (nSPS) is 12.2.